The molecule has 7 nitrogen and oxygen atoms in total. The zero-order valence-electron chi connectivity index (χ0n) is 15.4. The van der Waals surface area contributed by atoms with E-state index in [1.54, 1.807) is 18.7 Å². The number of nitrogens with one attached hydrogen (secondary N) is 2. The van der Waals surface area contributed by atoms with E-state index in [1.807, 2.05) is 49.5 Å². The largest absolute Gasteiger partial charge is 0.359 e. The van der Waals surface area contributed by atoms with Crippen molar-refractivity contribution in [1.29, 1.82) is 0 Å². The number of hydrogen-bond acceptors (Lipinski definition) is 6. The fraction of sp³-hybridized carbons (Fsp3) is 0.200. The van der Waals surface area contributed by atoms with Gasteiger partial charge >= 0.3 is 0 Å². The van der Waals surface area contributed by atoms with E-state index < -0.39 is 0 Å². The van der Waals surface area contributed by atoms with E-state index in [0.29, 0.717) is 5.82 Å². The molecule has 0 aliphatic rings. The van der Waals surface area contributed by atoms with Gasteiger partial charge in [-0.05, 0) is 48.4 Å². The third kappa shape index (κ3) is 5.50. The normalized spacial score (nSPS) is 10.3. The van der Waals surface area contributed by atoms with Gasteiger partial charge in [0.05, 0.1) is 0 Å². The number of likely N-dealkylation sites (N-methyl/N-ethyl adjacent to an activating group) is 1. The number of carbonyl (C=O) groups is 1. The fourth-order valence-corrected chi connectivity index (χ4v) is 2.57. The Morgan fingerprint density at radius 2 is 1.74 bits per heavy atom. The summed E-state index contributed by atoms with van der Waals surface area (Å²) in [6.45, 7) is 2.33. The second kappa shape index (κ2) is 8.75. The highest BCUT2D eigenvalue weighted by atomic mass is 16.1. The van der Waals surface area contributed by atoms with Crippen molar-refractivity contribution in [2.45, 2.75) is 13.3 Å². The second-order valence-electron chi connectivity index (χ2n) is 6.17. The van der Waals surface area contributed by atoms with Crippen LogP contribution in [0.4, 0.5) is 23.0 Å². The summed E-state index contributed by atoms with van der Waals surface area (Å²) in [6, 6.07) is 13.4. The van der Waals surface area contributed by atoms with Crippen LogP contribution in [0.15, 0.2) is 61.2 Å². The van der Waals surface area contributed by atoms with Crippen molar-refractivity contribution in [2.75, 3.05) is 29.1 Å². The van der Waals surface area contributed by atoms with Crippen molar-refractivity contribution in [3.8, 4) is 0 Å². The number of aromatic nitrogens is 3. The molecule has 0 saturated carbocycles. The highest BCUT2D eigenvalue weighted by Gasteiger charge is 2.06. The lowest BCUT2D eigenvalue weighted by Gasteiger charge is -2.18. The van der Waals surface area contributed by atoms with Gasteiger partial charge in [0, 0.05) is 50.4 Å². The predicted octanol–water partition coefficient (Wildman–Crippen LogP) is 3.25. The predicted molar refractivity (Wildman–Crippen MR) is 107 cm³/mol. The van der Waals surface area contributed by atoms with Gasteiger partial charge in [-0.15, -0.1) is 0 Å². The summed E-state index contributed by atoms with van der Waals surface area (Å²) in [5.41, 5.74) is 2.88. The molecule has 2 heterocycles. The molecule has 3 aromatic rings. The Morgan fingerprint density at radius 1 is 1.04 bits per heavy atom. The minimum atomic E-state index is -0.0917. The number of anilines is 4. The van der Waals surface area contributed by atoms with Crippen molar-refractivity contribution >= 4 is 28.9 Å². The zero-order valence-corrected chi connectivity index (χ0v) is 15.4. The Hall–Kier alpha value is -3.48. The number of nitrogens with zero attached hydrogens (tertiary/aromatic N) is 4. The monoisotopic (exact) mass is 362 g/mol. The lowest BCUT2D eigenvalue weighted by Crippen LogP contribution is -2.21. The first kappa shape index (κ1) is 18.3. The quantitative estimate of drug-likeness (QED) is 0.671. The van der Waals surface area contributed by atoms with Crippen LogP contribution in [0.2, 0.25) is 0 Å². The molecule has 0 radical (unpaired) electrons. The molecular weight excluding hydrogens is 340 g/mol. The Labute approximate surface area is 158 Å². The van der Waals surface area contributed by atoms with Crippen LogP contribution in [0.3, 0.4) is 0 Å². The molecule has 2 N–H and O–H groups in total. The van der Waals surface area contributed by atoms with Gasteiger partial charge in [-0.1, -0.05) is 0 Å². The average molecular weight is 362 g/mol. The third-order valence-electron chi connectivity index (χ3n) is 4.01. The van der Waals surface area contributed by atoms with Gasteiger partial charge in [0.1, 0.15) is 18.0 Å². The number of benzene rings is 1. The highest BCUT2D eigenvalue weighted by Crippen LogP contribution is 2.20. The molecule has 7 heteroatoms. The average Bonchev–Trinajstić information content (AvgIpc) is 2.68. The van der Waals surface area contributed by atoms with Crippen molar-refractivity contribution in [3.63, 3.8) is 0 Å². The number of pyridine rings is 1. The molecule has 0 bridgehead atoms. The van der Waals surface area contributed by atoms with Crippen LogP contribution in [0.25, 0.3) is 0 Å². The summed E-state index contributed by atoms with van der Waals surface area (Å²) in [6.07, 6.45) is 6.07. The molecule has 0 aliphatic carbocycles. The summed E-state index contributed by atoms with van der Waals surface area (Å²) < 4.78 is 0. The molecule has 3 rings (SSSR count). The van der Waals surface area contributed by atoms with Crippen LogP contribution < -0.4 is 15.5 Å². The molecule has 138 valence electrons. The maximum Gasteiger partial charge on any atom is 0.221 e. The fourth-order valence-electron chi connectivity index (χ4n) is 2.57. The Kier molecular flexibility index (Phi) is 5.94. The van der Waals surface area contributed by atoms with Crippen LogP contribution >= 0.6 is 0 Å². The topological polar surface area (TPSA) is 83.0 Å². The first-order valence-corrected chi connectivity index (χ1v) is 8.67. The maximum atomic E-state index is 11.1. The van der Waals surface area contributed by atoms with E-state index in [4.69, 9.17) is 0 Å². The summed E-state index contributed by atoms with van der Waals surface area (Å²) >= 11 is 0. The molecule has 27 heavy (non-hydrogen) atoms. The van der Waals surface area contributed by atoms with Gasteiger partial charge < -0.3 is 15.5 Å². The lowest BCUT2D eigenvalue weighted by atomic mass is 10.2. The lowest BCUT2D eigenvalue weighted by molar-refractivity contribution is -0.114. The molecule has 0 aliphatic heterocycles. The first-order chi connectivity index (χ1) is 13.1. The zero-order chi connectivity index (χ0) is 19.1. The van der Waals surface area contributed by atoms with Gasteiger partial charge in [0.25, 0.3) is 0 Å². The van der Waals surface area contributed by atoms with Crippen molar-refractivity contribution < 1.29 is 4.79 Å². The Morgan fingerprint density at radius 3 is 2.44 bits per heavy atom. The van der Waals surface area contributed by atoms with Crippen molar-refractivity contribution in [2.24, 2.45) is 0 Å². The van der Waals surface area contributed by atoms with Crippen LogP contribution in [0.5, 0.6) is 0 Å². The molecule has 1 aromatic carbocycles. The molecular formula is C20H22N6O. The van der Waals surface area contributed by atoms with Crippen LogP contribution in [0.1, 0.15) is 12.5 Å². The van der Waals surface area contributed by atoms with Crippen molar-refractivity contribution in [3.05, 3.63) is 66.7 Å². The summed E-state index contributed by atoms with van der Waals surface area (Å²) in [5, 5.41) is 6.00. The van der Waals surface area contributed by atoms with Crippen molar-refractivity contribution in [1.82, 2.24) is 15.0 Å². The molecule has 0 saturated heterocycles. The van der Waals surface area contributed by atoms with Gasteiger partial charge in [0.15, 0.2) is 0 Å². The molecule has 0 unspecified atom stereocenters. The molecule has 0 fully saturated rings. The summed E-state index contributed by atoms with van der Waals surface area (Å²) in [5.74, 6) is 1.46. The first-order valence-electron chi connectivity index (χ1n) is 8.67. The van der Waals surface area contributed by atoms with Gasteiger partial charge in [-0.2, -0.15) is 0 Å². The minimum absolute atomic E-state index is 0.0917. The van der Waals surface area contributed by atoms with E-state index in [0.717, 1.165) is 30.2 Å². The molecule has 0 spiro atoms. The number of hydrogen-bond donors (Lipinski definition) is 2. The smallest absolute Gasteiger partial charge is 0.221 e. The van der Waals surface area contributed by atoms with E-state index in [1.165, 1.54) is 12.5 Å². The van der Waals surface area contributed by atoms with E-state index in [2.05, 4.69) is 30.5 Å². The summed E-state index contributed by atoms with van der Waals surface area (Å²) in [7, 11) is 2.01. The minimum Gasteiger partial charge on any atom is -0.359 e. The SMILES string of the molecule is CC(=O)Nc1ccc(Nc2cc(N(C)CCc3ccncc3)ncn2)cc1. The number of amides is 1. The van der Waals surface area contributed by atoms with Gasteiger partial charge in [-0.25, -0.2) is 9.97 Å². The van der Waals surface area contributed by atoms with E-state index in [9.17, 15) is 4.79 Å². The van der Waals surface area contributed by atoms with Crippen LogP contribution in [-0.4, -0.2) is 34.5 Å². The number of carbonyl (C=O) groups excluding carboxylic acids is 1. The molecule has 2 aromatic heterocycles. The molecule has 1 amide bonds. The van der Waals surface area contributed by atoms with E-state index >= 15 is 0 Å². The highest BCUT2D eigenvalue weighted by molar-refractivity contribution is 5.88. The Balaban J connectivity index is 1.61. The maximum absolute atomic E-state index is 11.1. The Bertz CT molecular complexity index is 882. The molecule has 0 atom stereocenters. The van der Waals surface area contributed by atoms with Gasteiger partial charge in [0.2, 0.25) is 5.91 Å². The third-order valence-corrected chi connectivity index (χ3v) is 4.01. The standard InChI is InChI=1S/C20H22N6O/c1-15(27)24-17-3-5-18(6-4-17)25-19-13-20(23-14-22-19)26(2)12-9-16-7-10-21-11-8-16/h3-8,10-11,13-14H,9,12H2,1-2H3,(H,24,27)(H,22,23,25). The van der Waals surface area contributed by atoms with Crippen LogP contribution in [-0.2, 0) is 11.2 Å². The van der Waals surface area contributed by atoms with Gasteiger partial charge in [-0.3, -0.25) is 9.78 Å². The summed E-state index contributed by atoms with van der Waals surface area (Å²) in [4.78, 5) is 25.8. The van der Waals surface area contributed by atoms with E-state index in [-0.39, 0.29) is 5.91 Å². The number of rotatable bonds is 7. The van der Waals surface area contributed by atoms with Crippen LogP contribution in [0, 0.1) is 0 Å². The second-order valence-corrected chi connectivity index (χ2v) is 6.17.